The number of para-hydroxylation sites is 1. The summed E-state index contributed by atoms with van der Waals surface area (Å²) in [6.45, 7) is 5.33. The van der Waals surface area contributed by atoms with Gasteiger partial charge in [-0.3, -0.25) is 0 Å². The van der Waals surface area contributed by atoms with Crippen LogP contribution in [0.1, 0.15) is 11.1 Å². The molecule has 3 nitrogen and oxygen atoms in total. The van der Waals surface area contributed by atoms with Gasteiger partial charge >= 0.3 is 0 Å². The second-order valence-electron chi connectivity index (χ2n) is 5.74. The molecule has 1 heterocycles. The summed E-state index contributed by atoms with van der Waals surface area (Å²) in [6.07, 6.45) is 0.797. The molecule has 1 aliphatic heterocycles. The Morgan fingerprint density at radius 2 is 1.78 bits per heavy atom. The first-order valence-electron chi connectivity index (χ1n) is 7.93. The van der Waals surface area contributed by atoms with Gasteiger partial charge in [0.2, 0.25) is 0 Å². The summed E-state index contributed by atoms with van der Waals surface area (Å²) in [4.78, 5) is 7.15. The van der Waals surface area contributed by atoms with Crippen molar-refractivity contribution in [3.05, 3.63) is 64.7 Å². The molecule has 4 heteroatoms. The van der Waals surface area contributed by atoms with Crippen LogP contribution in [0.15, 0.2) is 53.5 Å². The van der Waals surface area contributed by atoms with Gasteiger partial charge in [-0.05, 0) is 24.6 Å². The number of benzene rings is 2. The van der Waals surface area contributed by atoms with Crippen molar-refractivity contribution in [2.45, 2.75) is 13.3 Å². The Morgan fingerprint density at radius 3 is 2.48 bits per heavy atom. The first kappa shape index (κ1) is 16.0. The van der Waals surface area contributed by atoms with Gasteiger partial charge in [-0.1, -0.05) is 53.6 Å². The summed E-state index contributed by atoms with van der Waals surface area (Å²) in [7, 11) is 0. The Labute approximate surface area is 142 Å². The number of hydrogen-bond acceptors (Lipinski definition) is 2. The number of nitrogens with zero attached hydrogens (tertiary/aromatic N) is 2. The molecule has 0 bridgehead atoms. The van der Waals surface area contributed by atoms with Crippen LogP contribution in [-0.4, -0.2) is 37.0 Å². The minimum absolute atomic E-state index is 0.683. The Balaban J connectivity index is 1.89. The molecule has 2 aromatic rings. The lowest BCUT2D eigenvalue weighted by molar-refractivity contribution is 0.0674. The lowest BCUT2D eigenvalue weighted by atomic mass is 10.1. The van der Waals surface area contributed by atoms with Gasteiger partial charge in [-0.2, -0.15) is 0 Å². The van der Waals surface area contributed by atoms with Gasteiger partial charge in [0.15, 0.2) is 0 Å². The summed E-state index contributed by atoms with van der Waals surface area (Å²) in [5.74, 6) is 1.05. The number of halogens is 1. The second kappa shape index (κ2) is 7.62. The van der Waals surface area contributed by atoms with E-state index in [1.807, 2.05) is 24.3 Å². The molecule has 23 heavy (non-hydrogen) atoms. The quantitative estimate of drug-likeness (QED) is 0.621. The lowest BCUT2D eigenvalue weighted by Gasteiger charge is -2.30. The fourth-order valence-electron chi connectivity index (χ4n) is 2.61. The zero-order valence-electron chi connectivity index (χ0n) is 13.3. The van der Waals surface area contributed by atoms with E-state index < -0.39 is 0 Å². The minimum Gasteiger partial charge on any atom is -0.378 e. The molecule has 1 fully saturated rings. The largest absolute Gasteiger partial charge is 0.378 e. The van der Waals surface area contributed by atoms with Gasteiger partial charge in [0.25, 0.3) is 0 Å². The molecule has 3 rings (SSSR count). The van der Waals surface area contributed by atoms with Crippen molar-refractivity contribution >= 4 is 23.1 Å². The van der Waals surface area contributed by atoms with E-state index in [-0.39, 0.29) is 0 Å². The van der Waals surface area contributed by atoms with Gasteiger partial charge in [0.1, 0.15) is 5.84 Å². The van der Waals surface area contributed by atoms with E-state index in [4.69, 9.17) is 21.3 Å². The summed E-state index contributed by atoms with van der Waals surface area (Å²) >= 11 is 6.28. The molecule has 0 saturated carbocycles. The highest BCUT2D eigenvalue weighted by atomic mass is 35.5. The van der Waals surface area contributed by atoms with Crippen LogP contribution in [0.4, 0.5) is 5.69 Å². The summed E-state index contributed by atoms with van der Waals surface area (Å²) < 4.78 is 5.47. The number of rotatable bonds is 3. The van der Waals surface area contributed by atoms with Crippen LogP contribution < -0.4 is 0 Å². The predicted molar refractivity (Wildman–Crippen MR) is 95.8 cm³/mol. The van der Waals surface area contributed by atoms with Crippen LogP contribution in [0.5, 0.6) is 0 Å². The highest BCUT2D eigenvalue weighted by molar-refractivity contribution is 6.33. The van der Waals surface area contributed by atoms with E-state index >= 15 is 0 Å². The Hall–Kier alpha value is -1.84. The van der Waals surface area contributed by atoms with E-state index in [1.165, 1.54) is 11.1 Å². The topological polar surface area (TPSA) is 24.8 Å². The molecular weight excluding hydrogens is 308 g/mol. The molecule has 0 unspecified atom stereocenters. The number of aryl methyl sites for hydroxylation is 1. The third-order valence-corrected chi connectivity index (χ3v) is 4.28. The SMILES string of the molecule is Cc1ccc(CC(=Nc2ccccc2Cl)N2CCOCC2)cc1. The molecule has 1 saturated heterocycles. The maximum Gasteiger partial charge on any atom is 0.109 e. The summed E-state index contributed by atoms with van der Waals surface area (Å²) in [6, 6.07) is 16.3. The fourth-order valence-corrected chi connectivity index (χ4v) is 2.79. The molecule has 120 valence electrons. The number of amidine groups is 1. The third kappa shape index (κ3) is 4.34. The van der Waals surface area contributed by atoms with E-state index in [9.17, 15) is 0 Å². The molecular formula is C19H21ClN2O. The van der Waals surface area contributed by atoms with E-state index in [0.717, 1.165) is 44.2 Å². The van der Waals surface area contributed by atoms with E-state index in [2.05, 4.69) is 36.1 Å². The maximum absolute atomic E-state index is 6.28. The zero-order valence-corrected chi connectivity index (χ0v) is 14.1. The predicted octanol–water partition coefficient (Wildman–Crippen LogP) is 4.25. The van der Waals surface area contributed by atoms with Crippen molar-refractivity contribution < 1.29 is 4.74 Å². The Kier molecular flexibility index (Phi) is 5.31. The average Bonchev–Trinajstić information content (AvgIpc) is 2.59. The number of hydrogen-bond donors (Lipinski definition) is 0. The van der Waals surface area contributed by atoms with Crippen molar-refractivity contribution in [2.24, 2.45) is 4.99 Å². The van der Waals surface area contributed by atoms with Crippen LogP contribution in [0.2, 0.25) is 5.02 Å². The first-order chi connectivity index (χ1) is 11.2. The normalized spacial score (nSPS) is 15.7. The summed E-state index contributed by atoms with van der Waals surface area (Å²) in [5.41, 5.74) is 3.35. The molecule has 0 atom stereocenters. The number of ether oxygens (including phenoxy) is 1. The Bertz CT molecular complexity index is 676. The average molecular weight is 329 g/mol. The molecule has 0 radical (unpaired) electrons. The molecule has 0 aromatic heterocycles. The molecule has 2 aromatic carbocycles. The minimum atomic E-state index is 0.683. The number of aliphatic imine (C=N–C) groups is 1. The van der Waals surface area contributed by atoms with Gasteiger partial charge in [0.05, 0.1) is 23.9 Å². The lowest BCUT2D eigenvalue weighted by Crippen LogP contribution is -2.41. The van der Waals surface area contributed by atoms with Crippen LogP contribution in [0, 0.1) is 6.92 Å². The van der Waals surface area contributed by atoms with Crippen LogP contribution in [0.3, 0.4) is 0 Å². The van der Waals surface area contributed by atoms with Gasteiger partial charge < -0.3 is 9.64 Å². The van der Waals surface area contributed by atoms with Crippen LogP contribution in [-0.2, 0) is 11.2 Å². The van der Waals surface area contributed by atoms with Crippen LogP contribution in [0.25, 0.3) is 0 Å². The van der Waals surface area contributed by atoms with Crippen molar-refractivity contribution in [1.82, 2.24) is 4.90 Å². The fraction of sp³-hybridized carbons (Fsp3) is 0.316. The van der Waals surface area contributed by atoms with Gasteiger partial charge in [-0.25, -0.2) is 4.99 Å². The molecule has 0 spiro atoms. The van der Waals surface area contributed by atoms with Crippen molar-refractivity contribution in [3.63, 3.8) is 0 Å². The van der Waals surface area contributed by atoms with E-state index in [1.54, 1.807) is 0 Å². The Morgan fingerprint density at radius 1 is 1.09 bits per heavy atom. The van der Waals surface area contributed by atoms with Gasteiger partial charge in [-0.15, -0.1) is 0 Å². The molecule has 0 amide bonds. The molecule has 1 aliphatic rings. The standard InChI is InChI=1S/C19H21ClN2O/c1-15-6-8-16(9-7-15)14-19(22-10-12-23-13-11-22)21-18-5-3-2-4-17(18)20/h2-9H,10-14H2,1H3. The van der Waals surface area contributed by atoms with Crippen molar-refractivity contribution in [2.75, 3.05) is 26.3 Å². The van der Waals surface area contributed by atoms with Crippen LogP contribution >= 0.6 is 11.6 Å². The van der Waals surface area contributed by atoms with Crippen molar-refractivity contribution in [3.8, 4) is 0 Å². The number of morpholine rings is 1. The van der Waals surface area contributed by atoms with Gasteiger partial charge in [0, 0.05) is 19.5 Å². The zero-order chi connectivity index (χ0) is 16.1. The molecule has 0 N–H and O–H groups in total. The maximum atomic E-state index is 6.28. The first-order valence-corrected chi connectivity index (χ1v) is 8.30. The van der Waals surface area contributed by atoms with Crippen molar-refractivity contribution in [1.29, 1.82) is 0 Å². The highest BCUT2D eigenvalue weighted by Gasteiger charge is 2.16. The third-order valence-electron chi connectivity index (χ3n) is 3.96. The second-order valence-corrected chi connectivity index (χ2v) is 6.15. The summed E-state index contributed by atoms with van der Waals surface area (Å²) in [5, 5.41) is 0.683. The highest BCUT2D eigenvalue weighted by Crippen LogP contribution is 2.25. The molecule has 0 aliphatic carbocycles. The van der Waals surface area contributed by atoms with E-state index in [0.29, 0.717) is 5.02 Å². The smallest absolute Gasteiger partial charge is 0.109 e. The monoisotopic (exact) mass is 328 g/mol.